The second kappa shape index (κ2) is 8.90. The molecule has 1 unspecified atom stereocenters. The number of carbonyl (C=O) groups is 2. The van der Waals surface area contributed by atoms with E-state index in [-0.39, 0.29) is 25.0 Å². The Morgan fingerprint density at radius 3 is 2.68 bits per heavy atom. The fraction of sp³-hybridized carbons (Fsp3) is 0.474. The Morgan fingerprint density at radius 1 is 1.32 bits per heavy atom. The minimum Gasteiger partial charge on any atom is -0.464 e. The van der Waals surface area contributed by atoms with E-state index in [1.807, 2.05) is 0 Å². The number of ether oxygens (including phenoxy) is 2. The highest BCUT2D eigenvalue weighted by atomic mass is 35.5. The molecule has 1 aliphatic rings. The Balaban J connectivity index is 2.11. The van der Waals surface area contributed by atoms with Gasteiger partial charge < -0.3 is 14.4 Å². The zero-order valence-corrected chi connectivity index (χ0v) is 15.6. The van der Waals surface area contributed by atoms with Crippen LogP contribution in [0.15, 0.2) is 36.1 Å². The Kier molecular flexibility index (Phi) is 6.88. The summed E-state index contributed by atoms with van der Waals surface area (Å²) in [6.45, 7) is 6.39. The summed E-state index contributed by atoms with van der Waals surface area (Å²) >= 11 is 6.09. The molecule has 1 aromatic rings. The monoisotopic (exact) mass is 365 g/mol. The molecule has 0 radical (unpaired) electrons. The highest BCUT2D eigenvalue weighted by Gasteiger charge is 2.35. The van der Waals surface area contributed by atoms with Crippen LogP contribution < -0.4 is 4.74 Å². The Hall–Kier alpha value is -2.01. The van der Waals surface area contributed by atoms with Gasteiger partial charge in [0.25, 0.3) is 5.91 Å². The summed E-state index contributed by atoms with van der Waals surface area (Å²) in [5.41, 5.74) is 0. The minimum atomic E-state index is -0.606. The predicted molar refractivity (Wildman–Crippen MR) is 96.4 cm³/mol. The lowest BCUT2D eigenvalue weighted by Gasteiger charge is -2.28. The summed E-state index contributed by atoms with van der Waals surface area (Å²) < 4.78 is 10.9. The summed E-state index contributed by atoms with van der Waals surface area (Å²) in [4.78, 5) is 26.3. The van der Waals surface area contributed by atoms with Gasteiger partial charge in [-0.05, 0) is 31.4 Å². The van der Waals surface area contributed by atoms with Gasteiger partial charge in [-0.3, -0.25) is 4.79 Å². The first-order valence-corrected chi connectivity index (χ1v) is 8.94. The van der Waals surface area contributed by atoms with E-state index in [9.17, 15) is 9.59 Å². The van der Waals surface area contributed by atoms with E-state index in [4.69, 9.17) is 21.1 Å². The van der Waals surface area contributed by atoms with Crippen molar-refractivity contribution in [1.29, 1.82) is 0 Å². The van der Waals surface area contributed by atoms with Gasteiger partial charge >= 0.3 is 5.97 Å². The maximum Gasteiger partial charge on any atom is 0.328 e. The van der Waals surface area contributed by atoms with Crippen molar-refractivity contribution in [1.82, 2.24) is 4.90 Å². The number of hydrogen-bond acceptors (Lipinski definition) is 4. The number of esters is 1. The van der Waals surface area contributed by atoms with E-state index in [1.165, 1.54) is 11.0 Å². The van der Waals surface area contributed by atoms with Gasteiger partial charge in [0.15, 0.2) is 0 Å². The van der Waals surface area contributed by atoms with Crippen LogP contribution in [-0.2, 0) is 14.3 Å². The van der Waals surface area contributed by atoms with E-state index >= 15 is 0 Å². The molecule has 2 atom stereocenters. The largest absolute Gasteiger partial charge is 0.464 e. The molecule has 0 spiro atoms. The van der Waals surface area contributed by atoms with Gasteiger partial charge in [0.05, 0.1) is 18.2 Å². The second-order valence-corrected chi connectivity index (χ2v) is 6.53. The van der Waals surface area contributed by atoms with Crippen LogP contribution in [0.5, 0.6) is 5.75 Å². The fourth-order valence-corrected chi connectivity index (χ4v) is 2.82. The van der Waals surface area contributed by atoms with Gasteiger partial charge in [0, 0.05) is 6.08 Å². The quantitative estimate of drug-likeness (QED) is 0.657. The first-order valence-electron chi connectivity index (χ1n) is 8.56. The molecule has 5 nitrogen and oxygen atoms in total. The first kappa shape index (κ1) is 19.3. The smallest absolute Gasteiger partial charge is 0.328 e. The zero-order valence-electron chi connectivity index (χ0n) is 14.8. The molecule has 25 heavy (non-hydrogen) atoms. The normalized spacial score (nSPS) is 16.4. The van der Waals surface area contributed by atoms with Gasteiger partial charge in [-0.15, -0.1) is 0 Å². The van der Waals surface area contributed by atoms with Crippen molar-refractivity contribution in [3.63, 3.8) is 0 Å². The van der Waals surface area contributed by atoms with Crippen molar-refractivity contribution < 1.29 is 19.1 Å². The summed E-state index contributed by atoms with van der Waals surface area (Å²) in [7, 11) is 0. The second-order valence-electron chi connectivity index (χ2n) is 6.13. The molecule has 0 aliphatic carbocycles. The molecular formula is C19H24ClNO4. The summed E-state index contributed by atoms with van der Waals surface area (Å²) in [5.74, 6) is 0.638. The Morgan fingerprint density at radius 2 is 2.04 bits per heavy atom. The number of amides is 1. The Bertz CT molecular complexity index is 659. The lowest BCUT2D eigenvalue weighted by atomic mass is 9.98. The van der Waals surface area contributed by atoms with E-state index in [0.717, 1.165) is 6.42 Å². The number of halogens is 1. The van der Waals surface area contributed by atoms with Gasteiger partial charge in [0.1, 0.15) is 17.6 Å². The van der Waals surface area contributed by atoms with Crippen LogP contribution in [0.4, 0.5) is 0 Å². The number of hydrogen-bond donors (Lipinski definition) is 0. The molecule has 1 aliphatic heterocycles. The molecular weight excluding hydrogens is 342 g/mol. The molecule has 0 saturated carbocycles. The topological polar surface area (TPSA) is 55.8 Å². The highest BCUT2D eigenvalue weighted by Crippen LogP contribution is 2.28. The van der Waals surface area contributed by atoms with Crippen LogP contribution in [0, 0.1) is 5.92 Å². The summed E-state index contributed by atoms with van der Waals surface area (Å²) in [6.07, 6.45) is 2.90. The fourth-order valence-electron chi connectivity index (χ4n) is 2.64. The molecule has 1 aromatic carbocycles. The van der Waals surface area contributed by atoms with Crippen LogP contribution in [0.2, 0.25) is 5.02 Å². The lowest BCUT2D eigenvalue weighted by Crippen LogP contribution is -2.44. The standard InChI is InChI=1S/C19H24ClNO4/c1-4-13(3)10-16(19(23)24-5-2)21-12-14(11-18(21)22)25-17-9-7-6-8-15(17)20/h6-9,11,13,16H,4-5,10,12H2,1-3H3/t13?,16-/m1/s1. The summed E-state index contributed by atoms with van der Waals surface area (Å²) in [6, 6.07) is 6.46. The molecule has 0 N–H and O–H groups in total. The van der Waals surface area contributed by atoms with Crippen LogP contribution in [0.3, 0.4) is 0 Å². The molecule has 0 aromatic heterocycles. The molecule has 136 valence electrons. The van der Waals surface area contributed by atoms with E-state index in [0.29, 0.717) is 28.9 Å². The first-order chi connectivity index (χ1) is 12.0. The van der Waals surface area contributed by atoms with Crippen molar-refractivity contribution in [2.45, 2.75) is 39.7 Å². The van der Waals surface area contributed by atoms with Crippen molar-refractivity contribution in [2.24, 2.45) is 5.92 Å². The van der Waals surface area contributed by atoms with Gasteiger partial charge in [0.2, 0.25) is 0 Å². The van der Waals surface area contributed by atoms with E-state index in [1.54, 1.807) is 31.2 Å². The van der Waals surface area contributed by atoms with E-state index in [2.05, 4.69) is 13.8 Å². The Labute approximate surface area is 153 Å². The maximum absolute atomic E-state index is 12.4. The molecule has 1 heterocycles. The molecule has 6 heteroatoms. The van der Waals surface area contributed by atoms with Crippen molar-refractivity contribution in [3.05, 3.63) is 41.1 Å². The molecule has 0 bridgehead atoms. The highest BCUT2D eigenvalue weighted by molar-refractivity contribution is 6.32. The number of rotatable bonds is 8. The molecule has 0 saturated heterocycles. The summed E-state index contributed by atoms with van der Waals surface area (Å²) in [5, 5.41) is 0.468. The van der Waals surface area contributed by atoms with Crippen molar-refractivity contribution in [2.75, 3.05) is 13.2 Å². The zero-order chi connectivity index (χ0) is 18.4. The van der Waals surface area contributed by atoms with Gasteiger partial charge in [-0.25, -0.2) is 4.79 Å². The number of carbonyl (C=O) groups excluding carboxylic acids is 2. The van der Waals surface area contributed by atoms with Crippen molar-refractivity contribution in [3.8, 4) is 5.75 Å². The lowest BCUT2D eigenvalue weighted by molar-refractivity contribution is -0.153. The van der Waals surface area contributed by atoms with E-state index < -0.39 is 6.04 Å². The van der Waals surface area contributed by atoms with Gasteiger partial charge in [-0.1, -0.05) is 44.0 Å². The molecule has 0 fully saturated rings. The van der Waals surface area contributed by atoms with Crippen LogP contribution >= 0.6 is 11.6 Å². The third kappa shape index (κ3) is 4.98. The average Bonchev–Trinajstić information content (AvgIpc) is 2.94. The number of benzene rings is 1. The molecule has 2 rings (SSSR count). The predicted octanol–water partition coefficient (Wildman–Crippen LogP) is 3.81. The van der Waals surface area contributed by atoms with Crippen LogP contribution in [0.1, 0.15) is 33.6 Å². The third-order valence-corrected chi connectivity index (χ3v) is 4.54. The SMILES string of the molecule is CCOC(=O)[C@@H](CC(C)CC)N1CC(Oc2ccccc2Cl)=CC1=O. The van der Waals surface area contributed by atoms with Gasteiger partial charge in [-0.2, -0.15) is 0 Å². The number of nitrogens with zero attached hydrogens (tertiary/aromatic N) is 1. The van der Waals surface area contributed by atoms with Crippen LogP contribution in [0.25, 0.3) is 0 Å². The van der Waals surface area contributed by atoms with Crippen LogP contribution in [-0.4, -0.2) is 36.0 Å². The number of para-hydroxylation sites is 1. The molecule has 1 amide bonds. The average molecular weight is 366 g/mol. The maximum atomic E-state index is 12.4. The third-order valence-electron chi connectivity index (χ3n) is 4.23. The van der Waals surface area contributed by atoms with Crippen molar-refractivity contribution >= 4 is 23.5 Å². The minimum absolute atomic E-state index is 0.226.